The van der Waals surface area contributed by atoms with Crippen LogP contribution in [0.15, 0.2) is 4.99 Å². The standard InChI is InChI=1S/C10H21N3O/c1-4-9(11)12-6-5-10(14)13-7-8(2)3/h8H,4-7H2,1-3H3,(H2,11,12)(H,13,14). The van der Waals surface area contributed by atoms with Crippen molar-refractivity contribution in [3.05, 3.63) is 0 Å². The number of amides is 1. The molecule has 0 unspecified atom stereocenters. The maximum atomic E-state index is 11.2. The average Bonchev–Trinajstić information content (AvgIpc) is 2.14. The Hall–Kier alpha value is -1.06. The quantitative estimate of drug-likeness (QED) is 0.493. The number of carbonyl (C=O) groups excluding carboxylic acids is 1. The minimum absolute atomic E-state index is 0.0475. The Morgan fingerprint density at radius 2 is 2.14 bits per heavy atom. The Kier molecular flexibility index (Phi) is 6.80. The molecule has 1 amide bonds. The Labute approximate surface area is 86.0 Å². The first-order chi connectivity index (χ1) is 6.56. The molecular weight excluding hydrogens is 178 g/mol. The first kappa shape index (κ1) is 12.9. The van der Waals surface area contributed by atoms with Gasteiger partial charge in [-0.25, -0.2) is 0 Å². The number of nitrogens with two attached hydrogens (primary N) is 1. The second-order valence-corrected chi connectivity index (χ2v) is 3.67. The number of carbonyl (C=O) groups is 1. The molecule has 0 rings (SSSR count). The molecule has 0 bridgehead atoms. The molecule has 4 heteroatoms. The third kappa shape index (κ3) is 7.58. The van der Waals surface area contributed by atoms with Crippen LogP contribution in [0.4, 0.5) is 0 Å². The smallest absolute Gasteiger partial charge is 0.221 e. The second kappa shape index (κ2) is 7.35. The molecule has 0 atom stereocenters. The van der Waals surface area contributed by atoms with Crippen molar-refractivity contribution in [3.8, 4) is 0 Å². The maximum absolute atomic E-state index is 11.2. The lowest BCUT2D eigenvalue weighted by Gasteiger charge is -2.06. The molecular formula is C10H21N3O. The summed E-state index contributed by atoms with van der Waals surface area (Å²) in [6.07, 6.45) is 1.17. The summed E-state index contributed by atoms with van der Waals surface area (Å²) >= 11 is 0. The molecule has 0 saturated heterocycles. The van der Waals surface area contributed by atoms with Gasteiger partial charge in [0.15, 0.2) is 0 Å². The number of hydrogen-bond donors (Lipinski definition) is 2. The van der Waals surface area contributed by atoms with Crippen molar-refractivity contribution < 1.29 is 4.79 Å². The van der Waals surface area contributed by atoms with Crippen LogP contribution in [0.1, 0.15) is 33.6 Å². The molecule has 0 saturated carbocycles. The predicted octanol–water partition coefficient (Wildman–Crippen LogP) is 0.916. The van der Waals surface area contributed by atoms with Gasteiger partial charge in [-0.05, 0) is 5.92 Å². The summed E-state index contributed by atoms with van der Waals surface area (Å²) < 4.78 is 0. The van der Waals surface area contributed by atoms with Gasteiger partial charge in [0.25, 0.3) is 0 Å². The zero-order valence-corrected chi connectivity index (χ0v) is 9.34. The van der Waals surface area contributed by atoms with E-state index in [2.05, 4.69) is 24.2 Å². The van der Waals surface area contributed by atoms with Crippen LogP contribution in [0.3, 0.4) is 0 Å². The first-order valence-electron chi connectivity index (χ1n) is 5.11. The predicted molar refractivity (Wildman–Crippen MR) is 59.2 cm³/mol. The van der Waals surface area contributed by atoms with Crippen LogP contribution in [0, 0.1) is 5.92 Å². The number of hydrogen-bond acceptors (Lipinski definition) is 2. The van der Waals surface area contributed by atoms with Crippen molar-refractivity contribution in [3.63, 3.8) is 0 Å². The number of nitrogens with one attached hydrogen (secondary N) is 1. The zero-order valence-electron chi connectivity index (χ0n) is 9.34. The SMILES string of the molecule is CCC(N)=NCCC(=O)NCC(C)C. The number of aliphatic imine (C=N–C) groups is 1. The normalized spacial score (nSPS) is 11.9. The summed E-state index contributed by atoms with van der Waals surface area (Å²) in [5.41, 5.74) is 5.50. The molecule has 0 spiro atoms. The van der Waals surface area contributed by atoms with Crippen LogP contribution >= 0.6 is 0 Å². The Morgan fingerprint density at radius 3 is 2.64 bits per heavy atom. The van der Waals surface area contributed by atoms with Gasteiger partial charge < -0.3 is 11.1 Å². The third-order valence-corrected chi connectivity index (χ3v) is 1.72. The number of nitrogens with zero attached hydrogens (tertiary/aromatic N) is 1. The fraction of sp³-hybridized carbons (Fsp3) is 0.800. The summed E-state index contributed by atoms with van der Waals surface area (Å²) in [7, 11) is 0. The van der Waals surface area contributed by atoms with Gasteiger partial charge in [0.1, 0.15) is 0 Å². The van der Waals surface area contributed by atoms with Crippen LogP contribution < -0.4 is 11.1 Å². The highest BCUT2D eigenvalue weighted by Gasteiger charge is 2.00. The van der Waals surface area contributed by atoms with Gasteiger partial charge in [0, 0.05) is 25.9 Å². The summed E-state index contributed by atoms with van der Waals surface area (Å²) in [6, 6.07) is 0. The lowest BCUT2D eigenvalue weighted by atomic mass is 10.2. The highest BCUT2D eigenvalue weighted by atomic mass is 16.1. The second-order valence-electron chi connectivity index (χ2n) is 3.67. The van der Waals surface area contributed by atoms with Crippen molar-refractivity contribution in [2.24, 2.45) is 16.6 Å². The first-order valence-corrected chi connectivity index (χ1v) is 5.11. The Bertz CT molecular complexity index is 200. The van der Waals surface area contributed by atoms with E-state index in [1.165, 1.54) is 0 Å². The monoisotopic (exact) mass is 199 g/mol. The van der Waals surface area contributed by atoms with E-state index in [-0.39, 0.29) is 5.91 Å². The molecule has 0 aromatic heterocycles. The summed E-state index contributed by atoms with van der Waals surface area (Å²) in [5.74, 6) is 1.15. The maximum Gasteiger partial charge on any atom is 0.221 e. The van der Waals surface area contributed by atoms with Crippen LogP contribution in [-0.2, 0) is 4.79 Å². The minimum atomic E-state index is 0.0475. The van der Waals surface area contributed by atoms with E-state index in [1.54, 1.807) is 0 Å². The highest BCUT2D eigenvalue weighted by Crippen LogP contribution is 1.89. The molecule has 3 N–H and O–H groups in total. The van der Waals surface area contributed by atoms with E-state index in [9.17, 15) is 4.79 Å². The number of rotatable bonds is 6. The highest BCUT2D eigenvalue weighted by molar-refractivity contribution is 5.80. The molecule has 0 aliphatic rings. The van der Waals surface area contributed by atoms with Crippen LogP contribution in [0.2, 0.25) is 0 Å². The molecule has 14 heavy (non-hydrogen) atoms. The van der Waals surface area contributed by atoms with E-state index >= 15 is 0 Å². The van der Waals surface area contributed by atoms with Crippen LogP contribution in [-0.4, -0.2) is 24.8 Å². The van der Waals surface area contributed by atoms with Crippen molar-refractivity contribution in [2.75, 3.05) is 13.1 Å². The molecule has 0 radical (unpaired) electrons. The molecule has 0 fully saturated rings. The third-order valence-electron chi connectivity index (χ3n) is 1.72. The number of amidine groups is 1. The van der Waals surface area contributed by atoms with Crippen molar-refractivity contribution in [1.82, 2.24) is 5.32 Å². The summed E-state index contributed by atoms with van der Waals surface area (Å²) in [6.45, 7) is 7.29. The van der Waals surface area contributed by atoms with E-state index < -0.39 is 0 Å². The van der Waals surface area contributed by atoms with Crippen molar-refractivity contribution in [1.29, 1.82) is 0 Å². The van der Waals surface area contributed by atoms with Gasteiger partial charge in [-0.2, -0.15) is 0 Å². The van der Waals surface area contributed by atoms with Crippen LogP contribution in [0.5, 0.6) is 0 Å². The molecule has 0 aromatic rings. The molecule has 4 nitrogen and oxygen atoms in total. The topological polar surface area (TPSA) is 67.5 Å². The molecule has 0 aromatic carbocycles. The average molecular weight is 199 g/mol. The van der Waals surface area contributed by atoms with Gasteiger partial charge in [-0.1, -0.05) is 20.8 Å². The Balaban J connectivity index is 3.54. The van der Waals surface area contributed by atoms with E-state index in [4.69, 9.17) is 5.73 Å². The lowest BCUT2D eigenvalue weighted by molar-refractivity contribution is -0.121. The lowest BCUT2D eigenvalue weighted by Crippen LogP contribution is -2.27. The summed E-state index contributed by atoms with van der Waals surface area (Å²) in [5, 5.41) is 2.82. The summed E-state index contributed by atoms with van der Waals surface area (Å²) in [4.78, 5) is 15.2. The van der Waals surface area contributed by atoms with E-state index in [0.29, 0.717) is 24.7 Å². The molecule has 0 heterocycles. The molecule has 0 aliphatic heterocycles. The fourth-order valence-corrected chi connectivity index (χ4v) is 0.819. The van der Waals surface area contributed by atoms with Gasteiger partial charge in [0.2, 0.25) is 5.91 Å². The van der Waals surface area contributed by atoms with E-state index in [0.717, 1.165) is 13.0 Å². The minimum Gasteiger partial charge on any atom is -0.387 e. The molecule has 0 aliphatic carbocycles. The Morgan fingerprint density at radius 1 is 1.50 bits per heavy atom. The van der Waals surface area contributed by atoms with Gasteiger partial charge >= 0.3 is 0 Å². The van der Waals surface area contributed by atoms with Crippen molar-refractivity contribution >= 4 is 11.7 Å². The largest absolute Gasteiger partial charge is 0.387 e. The van der Waals surface area contributed by atoms with Crippen molar-refractivity contribution in [2.45, 2.75) is 33.6 Å². The zero-order chi connectivity index (χ0) is 11.0. The van der Waals surface area contributed by atoms with Gasteiger partial charge in [-0.15, -0.1) is 0 Å². The van der Waals surface area contributed by atoms with E-state index in [1.807, 2.05) is 6.92 Å². The van der Waals surface area contributed by atoms with Crippen LogP contribution in [0.25, 0.3) is 0 Å². The fourth-order valence-electron chi connectivity index (χ4n) is 0.819. The molecule has 82 valence electrons. The van der Waals surface area contributed by atoms with Gasteiger partial charge in [0.05, 0.1) is 5.84 Å². The van der Waals surface area contributed by atoms with Gasteiger partial charge in [-0.3, -0.25) is 9.79 Å².